The Kier molecular flexibility index (Phi) is 4.94. The fraction of sp³-hybridized carbons (Fsp3) is 0.0476. The van der Waals surface area contributed by atoms with Crippen LogP contribution in [0.4, 0.5) is 5.69 Å². The van der Waals surface area contributed by atoms with Crippen molar-refractivity contribution in [1.82, 2.24) is 4.98 Å². The lowest BCUT2D eigenvalue weighted by Gasteiger charge is -2.07. The van der Waals surface area contributed by atoms with Crippen LogP contribution in [0.25, 0.3) is 28.6 Å². The number of halogens is 2. The minimum absolute atomic E-state index is 0.274. The van der Waals surface area contributed by atoms with Gasteiger partial charge in [-0.05, 0) is 55.0 Å². The van der Waals surface area contributed by atoms with E-state index in [1.165, 1.54) is 6.08 Å². The number of nitrogens with one attached hydrogen (secondary N) is 1. The van der Waals surface area contributed by atoms with Gasteiger partial charge < -0.3 is 14.2 Å². The Morgan fingerprint density at radius 2 is 2.04 bits per heavy atom. The average Bonchev–Trinajstić information content (AvgIpc) is 3.31. The maximum atomic E-state index is 12.2. The summed E-state index contributed by atoms with van der Waals surface area (Å²) < 4.78 is 11.0. The van der Waals surface area contributed by atoms with Crippen LogP contribution in [-0.2, 0) is 4.79 Å². The van der Waals surface area contributed by atoms with Crippen LogP contribution in [0.2, 0.25) is 10.0 Å². The van der Waals surface area contributed by atoms with Gasteiger partial charge in [0.15, 0.2) is 5.58 Å². The molecule has 0 saturated heterocycles. The van der Waals surface area contributed by atoms with E-state index in [-0.39, 0.29) is 5.91 Å². The predicted molar refractivity (Wildman–Crippen MR) is 111 cm³/mol. The highest BCUT2D eigenvalue weighted by molar-refractivity contribution is 6.38. The zero-order chi connectivity index (χ0) is 19.7. The Morgan fingerprint density at radius 1 is 1.18 bits per heavy atom. The van der Waals surface area contributed by atoms with Gasteiger partial charge in [-0.3, -0.25) is 4.79 Å². The minimum atomic E-state index is -0.274. The normalized spacial score (nSPS) is 11.4. The molecular weight excluding hydrogens is 399 g/mol. The second-order valence-corrected chi connectivity index (χ2v) is 6.97. The number of aryl methyl sites for hydroxylation is 1. The molecule has 0 saturated carbocycles. The number of hydrogen-bond donors (Lipinski definition) is 1. The SMILES string of the molecule is Cc1ccc(-c2nc3cc(Cl)cc(Cl)c3o2)cc1NC(=O)/C=C\c1ccco1. The Bertz CT molecular complexity index is 1190. The van der Waals surface area contributed by atoms with Crippen LogP contribution in [0.3, 0.4) is 0 Å². The van der Waals surface area contributed by atoms with E-state index in [0.717, 1.165) is 5.56 Å². The molecule has 7 heteroatoms. The number of carbonyl (C=O) groups excluding carboxylic acids is 1. The van der Waals surface area contributed by atoms with Crippen molar-refractivity contribution in [2.24, 2.45) is 0 Å². The van der Waals surface area contributed by atoms with Gasteiger partial charge in [-0.1, -0.05) is 29.3 Å². The maximum absolute atomic E-state index is 12.2. The molecule has 0 unspecified atom stereocenters. The van der Waals surface area contributed by atoms with Gasteiger partial charge in [0.25, 0.3) is 0 Å². The van der Waals surface area contributed by atoms with Crippen LogP contribution >= 0.6 is 23.2 Å². The van der Waals surface area contributed by atoms with Gasteiger partial charge in [-0.2, -0.15) is 0 Å². The van der Waals surface area contributed by atoms with Gasteiger partial charge in [0.1, 0.15) is 11.3 Å². The standard InChI is InChI=1S/C21H14Cl2N2O3/c1-12-4-5-13(21-25-18-11-14(22)10-16(23)20(18)28-21)9-17(12)24-19(26)7-6-15-3-2-8-27-15/h2-11H,1H3,(H,24,26)/b7-6-. The van der Waals surface area contributed by atoms with Crippen molar-refractivity contribution in [2.45, 2.75) is 6.92 Å². The number of benzene rings is 2. The van der Waals surface area contributed by atoms with Gasteiger partial charge in [0.05, 0.1) is 11.3 Å². The molecule has 4 rings (SSSR count). The molecule has 2 heterocycles. The topological polar surface area (TPSA) is 68.3 Å². The molecule has 1 N–H and O–H groups in total. The molecule has 0 radical (unpaired) electrons. The number of anilines is 1. The van der Waals surface area contributed by atoms with E-state index in [2.05, 4.69) is 10.3 Å². The van der Waals surface area contributed by atoms with Crippen molar-refractivity contribution in [3.05, 3.63) is 76.2 Å². The van der Waals surface area contributed by atoms with E-state index < -0.39 is 0 Å². The highest BCUT2D eigenvalue weighted by Crippen LogP contribution is 2.33. The number of oxazole rings is 1. The van der Waals surface area contributed by atoms with E-state index in [1.807, 2.05) is 19.1 Å². The number of nitrogens with zero attached hydrogens (tertiary/aromatic N) is 1. The van der Waals surface area contributed by atoms with Crippen LogP contribution in [0.1, 0.15) is 11.3 Å². The van der Waals surface area contributed by atoms with Gasteiger partial charge in [-0.15, -0.1) is 0 Å². The molecule has 140 valence electrons. The van der Waals surface area contributed by atoms with E-state index in [0.29, 0.717) is 44.0 Å². The molecule has 2 aromatic heterocycles. The van der Waals surface area contributed by atoms with Gasteiger partial charge in [-0.25, -0.2) is 4.98 Å². The third-order valence-electron chi connectivity index (χ3n) is 4.09. The monoisotopic (exact) mass is 412 g/mol. The van der Waals surface area contributed by atoms with E-state index >= 15 is 0 Å². The van der Waals surface area contributed by atoms with Crippen LogP contribution in [0.15, 0.2) is 63.6 Å². The average molecular weight is 413 g/mol. The van der Waals surface area contributed by atoms with Crippen molar-refractivity contribution in [3.63, 3.8) is 0 Å². The number of amides is 1. The Hall–Kier alpha value is -3.02. The first-order valence-electron chi connectivity index (χ1n) is 8.39. The molecule has 0 aliphatic heterocycles. The molecule has 5 nitrogen and oxygen atoms in total. The molecular formula is C21H14Cl2N2O3. The number of hydrogen-bond acceptors (Lipinski definition) is 4. The highest BCUT2D eigenvalue weighted by atomic mass is 35.5. The summed E-state index contributed by atoms with van der Waals surface area (Å²) in [5, 5.41) is 3.73. The molecule has 0 aliphatic carbocycles. The van der Waals surface area contributed by atoms with Crippen molar-refractivity contribution in [2.75, 3.05) is 5.32 Å². The van der Waals surface area contributed by atoms with E-state index in [9.17, 15) is 4.79 Å². The van der Waals surface area contributed by atoms with Crippen molar-refractivity contribution >= 4 is 52.0 Å². The lowest BCUT2D eigenvalue weighted by molar-refractivity contribution is -0.111. The fourth-order valence-electron chi connectivity index (χ4n) is 2.69. The smallest absolute Gasteiger partial charge is 0.248 e. The summed E-state index contributed by atoms with van der Waals surface area (Å²) in [6.45, 7) is 1.90. The number of furan rings is 1. The Balaban J connectivity index is 1.62. The first kappa shape index (κ1) is 18.3. The van der Waals surface area contributed by atoms with Gasteiger partial charge in [0.2, 0.25) is 11.8 Å². The van der Waals surface area contributed by atoms with E-state index in [4.69, 9.17) is 32.0 Å². The lowest BCUT2D eigenvalue weighted by atomic mass is 10.1. The van der Waals surface area contributed by atoms with Crippen LogP contribution in [0, 0.1) is 6.92 Å². The molecule has 4 aromatic rings. The van der Waals surface area contributed by atoms with Crippen LogP contribution in [0.5, 0.6) is 0 Å². The van der Waals surface area contributed by atoms with Gasteiger partial charge >= 0.3 is 0 Å². The summed E-state index contributed by atoms with van der Waals surface area (Å²) in [7, 11) is 0. The first-order chi connectivity index (χ1) is 13.5. The van der Waals surface area contributed by atoms with Gasteiger partial charge in [0, 0.05) is 22.3 Å². The van der Waals surface area contributed by atoms with Crippen LogP contribution < -0.4 is 5.32 Å². The van der Waals surface area contributed by atoms with Crippen molar-refractivity contribution in [3.8, 4) is 11.5 Å². The highest BCUT2D eigenvalue weighted by Gasteiger charge is 2.14. The summed E-state index contributed by atoms with van der Waals surface area (Å²) in [4.78, 5) is 16.7. The summed E-state index contributed by atoms with van der Waals surface area (Å²) in [5.74, 6) is 0.715. The first-order valence-corrected chi connectivity index (χ1v) is 9.14. The van der Waals surface area contributed by atoms with Crippen LogP contribution in [-0.4, -0.2) is 10.9 Å². The summed E-state index contributed by atoms with van der Waals surface area (Å²) >= 11 is 12.2. The molecule has 0 atom stereocenters. The molecule has 2 aromatic carbocycles. The number of carbonyl (C=O) groups is 1. The quantitative estimate of drug-likeness (QED) is 0.396. The molecule has 0 fully saturated rings. The lowest BCUT2D eigenvalue weighted by Crippen LogP contribution is -2.09. The molecule has 0 aliphatic rings. The number of aromatic nitrogens is 1. The second kappa shape index (κ2) is 7.54. The summed E-state index contributed by atoms with van der Waals surface area (Å²) in [6, 6.07) is 12.4. The number of rotatable bonds is 4. The third-order valence-corrected chi connectivity index (χ3v) is 4.59. The minimum Gasteiger partial charge on any atom is -0.465 e. The second-order valence-electron chi connectivity index (χ2n) is 6.12. The molecule has 0 spiro atoms. The molecule has 0 bridgehead atoms. The van der Waals surface area contributed by atoms with Crippen molar-refractivity contribution in [1.29, 1.82) is 0 Å². The number of fused-ring (bicyclic) bond motifs is 1. The summed E-state index contributed by atoms with van der Waals surface area (Å²) in [6.07, 6.45) is 4.55. The predicted octanol–water partition coefficient (Wildman–Crippen LogP) is 6.35. The Morgan fingerprint density at radius 3 is 2.82 bits per heavy atom. The van der Waals surface area contributed by atoms with E-state index in [1.54, 1.807) is 42.7 Å². The van der Waals surface area contributed by atoms with Crippen molar-refractivity contribution < 1.29 is 13.6 Å². The zero-order valence-electron chi connectivity index (χ0n) is 14.7. The Labute approximate surface area is 170 Å². The molecule has 28 heavy (non-hydrogen) atoms. The summed E-state index contributed by atoms with van der Waals surface area (Å²) in [5.41, 5.74) is 3.30. The zero-order valence-corrected chi connectivity index (χ0v) is 16.2. The molecule has 1 amide bonds. The third kappa shape index (κ3) is 3.81. The fourth-order valence-corrected chi connectivity index (χ4v) is 3.21. The maximum Gasteiger partial charge on any atom is 0.248 e. The largest absolute Gasteiger partial charge is 0.465 e.